The molecular formula is C16H31N3OS. The van der Waals surface area contributed by atoms with Gasteiger partial charge in [0, 0.05) is 50.1 Å². The monoisotopic (exact) mass is 313 g/mol. The number of thioether (sulfide) groups is 1. The minimum absolute atomic E-state index is 0.230. The van der Waals surface area contributed by atoms with Crippen LogP contribution in [0.25, 0.3) is 0 Å². The van der Waals surface area contributed by atoms with Crippen LogP contribution in [0.2, 0.25) is 0 Å². The predicted octanol–water partition coefficient (Wildman–Crippen LogP) is 1.25. The van der Waals surface area contributed by atoms with Crippen LogP contribution in [0.3, 0.4) is 0 Å². The molecule has 0 aromatic rings. The summed E-state index contributed by atoms with van der Waals surface area (Å²) < 4.78 is 5.49. The Bertz CT molecular complexity index is 359. The number of rotatable bonds is 3. The zero-order valence-electron chi connectivity index (χ0n) is 13.6. The molecule has 2 unspecified atom stereocenters. The van der Waals surface area contributed by atoms with Crippen LogP contribution in [0, 0.1) is 5.41 Å². The molecule has 0 bridgehead atoms. The van der Waals surface area contributed by atoms with Gasteiger partial charge in [-0.05, 0) is 24.0 Å². The van der Waals surface area contributed by atoms with Gasteiger partial charge in [0.05, 0.1) is 13.2 Å². The molecular weight excluding hydrogens is 282 g/mol. The van der Waals surface area contributed by atoms with Gasteiger partial charge in [-0.25, -0.2) is 0 Å². The second-order valence-electron chi connectivity index (χ2n) is 7.80. The normalized spacial score (nSPS) is 38.7. The predicted molar refractivity (Wildman–Crippen MR) is 89.9 cm³/mol. The highest BCUT2D eigenvalue weighted by Crippen LogP contribution is 2.43. The first-order valence-corrected chi connectivity index (χ1v) is 9.55. The summed E-state index contributed by atoms with van der Waals surface area (Å²) >= 11 is 2.10. The lowest BCUT2D eigenvalue weighted by Crippen LogP contribution is -2.60. The van der Waals surface area contributed by atoms with Gasteiger partial charge in [-0.3, -0.25) is 9.80 Å². The molecule has 4 nitrogen and oxygen atoms in total. The molecule has 3 rings (SSSR count). The highest BCUT2D eigenvalue weighted by Gasteiger charge is 2.46. The van der Waals surface area contributed by atoms with Gasteiger partial charge in [-0.2, -0.15) is 11.8 Å². The number of hydrogen-bond donors (Lipinski definition) is 1. The Morgan fingerprint density at radius 2 is 1.95 bits per heavy atom. The van der Waals surface area contributed by atoms with E-state index in [9.17, 15) is 0 Å². The average Bonchev–Trinajstić information content (AvgIpc) is 2.97. The van der Waals surface area contributed by atoms with Gasteiger partial charge >= 0.3 is 0 Å². The lowest BCUT2D eigenvalue weighted by Gasteiger charge is -2.49. The van der Waals surface area contributed by atoms with Gasteiger partial charge < -0.3 is 10.5 Å². The molecule has 3 fully saturated rings. The van der Waals surface area contributed by atoms with E-state index in [0.29, 0.717) is 11.5 Å². The summed E-state index contributed by atoms with van der Waals surface area (Å²) in [7, 11) is 0. The van der Waals surface area contributed by atoms with Crippen molar-refractivity contribution in [1.82, 2.24) is 9.80 Å². The molecule has 3 heterocycles. The maximum atomic E-state index is 6.27. The molecule has 0 aliphatic carbocycles. The van der Waals surface area contributed by atoms with Crippen LogP contribution < -0.4 is 5.73 Å². The van der Waals surface area contributed by atoms with Crippen LogP contribution in [-0.4, -0.2) is 78.8 Å². The first-order valence-electron chi connectivity index (χ1n) is 8.39. The highest BCUT2D eigenvalue weighted by molar-refractivity contribution is 7.99. The molecule has 0 saturated carbocycles. The molecule has 3 aliphatic heterocycles. The lowest BCUT2D eigenvalue weighted by molar-refractivity contribution is 0.0135. The second kappa shape index (κ2) is 6.36. The fourth-order valence-electron chi connectivity index (χ4n) is 4.39. The Kier molecular flexibility index (Phi) is 4.86. The lowest BCUT2D eigenvalue weighted by atomic mass is 9.79. The third-order valence-electron chi connectivity index (χ3n) is 5.45. The maximum absolute atomic E-state index is 6.27. The molecule has 2 atom stereocenters. The van der Waals surface area contributed by atoms with E-state index in [-0.39, 0.29) is 5.54 Å². The van der Waals surface area contributed by atoms with E-state index < -0.39 is 0 Å². The van der Waals surface area contributed by atoms with Crippen LogP contribution in [0.5, 0.6) is 0 Å². The molecule has 0 spiro atoms. The van der Waals surface area contributed by atoms with Crippen LogP contribution in [0.15, 0.2) is 0 Å². The highest BCUT2D eigenvalue weighted by atomic mass is 32.2. The van der Waals surface area contributed by atoms with Gasteiger partial charge in [0.15, 0.2) is 0 Å². The topological polar surface area (TPSA) is 41.7 Å². The number of ether oxygens (including phenoxy) is 1. The van der Waals surface area contributed by atoms with Crippen molar-refractivity contribution in [3.63, 3.8) is 0 Å². The van der Waals surface area contributed by atoms with Gasteiger partial charge in [0.2, 0.25) is 0 Å². The van der Waals surface area contributed by atoms with Crippen molar-refractivity contribution in [3.05, 3.63) is 0 Å². The summed E-state index contributed by atoms with van der Waals surface area (Å²) in [5.41, 5.74) is 6.92. The molecule has 5 heteroatoms. The Hall–Kier alpha value is 0.190. The van der Waals surface area contributed by atoms with Gasteiger partial charge in [-0.15, -0.1) is 0 Å². The number of nitrogens with zero attached hydrogens (tertiary/aromatic N) is 2. The minimum Gasteiger partial charge on any atom is -0.379 e. The molecule has 21 heavy (non-hydrogen) atoms. The summed E-state index contributed by atoms with van der Waals surface area (Å²) in [6, 6.07) is 0.715. The smallest absolute Gasteiger partial charge is 0.0594 e. The Labute approximate surface area is 133 Å². The van der Waals surface area contributed by atoms with Gasteiger partial charge in [0.25, 0.3) is 0 Å². The largest absolute Gasteiger partial charge is 0.379 e. The molecule has 0 radical (unpaired) electrons. The zero-order valence-corrected chi connectivity index (χ0v) is 14.5. The molecule has 0 amide bonds. The van der Waals surface area contributed by atoms with E-state index in [1.165, 1.54) is 37.4 Å². The molecule has 0 aromatic heterocycles. The SMILES string of the molecule is CC1(C)CSCC(CN)(N2CCC(N3CCOCC3)C2)C1. The minimum atomic E-state index is 0.230. The Morgan fingerprint density at radius 1 is 1.19 bits per heavy atom. The zero-order chi connectivity index (χ0) is 14.9. The Morgan fingerprint density at radius 3 is 2.62 bits per heavy atom. The number of nitrogens with two attached hydrogens (primary N) is 1. The van der Waals surface area contributed by atoms with Crippen LogP contribution >= 0.6 is 11.8 Å². The molecule has 3 saturated heterocycles. The number of likely N-dealkylation sites (tertiary alicyclic amines) is 1. The van der Waals surface area contributed by atoms with Crippen LogP contribution in [0.1, 0.15) is 26.7 Å². The van der Waals surface area contributed by atoms with Crippen molar-refractivity contribution < 1.29 is 4.74 Å². The number of hydrogen-bond acceptors (Lipinski definition) is 5. The third kappa shape index (κ3) is 3.42. The van der Waals surface area contributed by atoms with Crippen LogP contribution in [-0.2, 0) is 4.74 Å². The summed E-state index contributed by atoms with van der Waals surface area (Å²) in [5.74, 6) is 2.48. The van der Waals surface area contributed by atoms with E-state index in [2.05, 4.69) is 35.4 Å². The summed E-state index contributed by atoms with van der Waals surface area (Å²) in [6.07, 6.45) is 2.55. The summed E-state index contributed by atoms with van der Waals surface area (Å²) in [5, 5.41) is 0. The van der Waals surface area contributed by atoms with E-state index in [1.807, 2.05) is 0 Å². The molecule has 122 valence electrons. The van der Waals surface area contributed by atoms with Gasteiger partial charge in [-0.1, -0.05) is 13.8 Å². The first-order chi connectivity index (χ1) is 10.0. The first kappa shape index (κ1) is 16.1. The molecule has 3 aliphatic rings. The van der Waals surface area contributed by atoms with E-state index in [0.717, 1.165) is 32.8 Å². The van der Waals surface area contributed by atoms with E-state index in [4.69, 9.17) is 10.5 Å². The van der Waals surface area contributed by atoms with Crippen molar-refractivity contribution in [3.8, 4) is 0 Å². The molecule has 0 aromatic carbocycles. The van der Waals surface area contributed by atoms with Crippen LogP contribution in [0.4, 0.5) is 0 Å². The van der Waals surface area contributed by atoms with Crippen molar-refractivity contribution >= 4 is 11.8 Å². The third-order valence-corrected chi connectivity index (χ3v) is 7.17. The molecule has 2 N–H and O–H groups in total. The van der Waals surface area contributed by atoms with Crippen molar-refractivity contribution in [2.45, 2.75) is 38.3 Å². The van der Waals surface area contributed by atoms with Crippen molar-refractivity contribution in [1.29, 1.82) is 0 Å². The van der Waals surface area contributed by atoms with E-state index >= 15 is 0 Å². The quantitative estimate of drug-likeness (QED) is 0.849. The van der Waals surface area contributed by atoms with Crippen molar-refractivity contribution in [2.75, 3.05) is 57.4 Å². The second-order valence-corrected chi connectivity index (χ2v) is 8.78. The standard InChI is InChI=1S/C16H31N3OS/c1-15(2)10-16(11-17,13-21-12-15)19-4-3-14(9-19)18-5-7-20-8-6-18/h14H,3-13,17H2,1-2H3. The summed E-state index contributed by atoms with van der Waals surface area (Å²) in [6.45, 7) is 12.0. The fourth-order valence-corrected chi connectivity index (χ4v) is 5.93. The summed E-state index contributed by atoms with van der Waals surface area (Å²) in [4.78, 5) is 5.36. The fraction of sp³-hybridized carbons (Fsp3) is 1.00. The number of morpholine rings is 1. The van der Waals surface area contributed by atoms with Gasteiger partial charge in [0.1, 0.15) is 0 Å². The average molecular weight is 314 g/mol. The Balaban J connectivity index is 1.65. The van der Waals surface area contributed by atoms with Crippen molar-refractivity contribution in [2.24, 2.45) is 11.1 Å². The maximum Gasteiger partial charge on any atom is 0.0594 e. The van der Waals surface area contributed by atoms with E-state index in [1.54, 1.807) is 0 Å².